The third kappa shape index (κ3) is 5.19. The average molecular weight is 529 g/mol. The summed E-state index contributed by atoms with van der Waals surface area (Å²) in [5.74, 6) is 0. The second-order valence-electron chi connectivity index (χ2n) is 11.5. The standard InChI is InChI=1S/C36H40N4/c1-10-27-23(7)32-18-33-25(9)29(14-12-21(4)5)36(40-33)19-35-28(13-11-20(2)3)24(8)31(38-35)16-26-15-22(6)30(37-26)17-34(27)39-32/h10,15-19,37,39H,1-2,4,11-14H2,3,5-9H3. The van der Waals surface area contributed by atoms with Crippen molar-refractivity contribution < 1.29 is 0 Å². The van der Waals surface area contributed by atoms with E-state index in [9.17, 15) is 0 Å². The van der Waals surface area contributed by atoms with E-state index in [-0.39, 0.29) is 0 Å². The summed E-state index contributed by atoms with van der Waals surface area (Å²) >= 11 is 0. The first-order valence-electron chi connectivity index (χ1n) is 14.1. The predicted octanol–water partition coefficient (Wildman–Crippen LogP) is 10.1. The van der Waals surface area contributed by atoms with Gasteiger partial charge >= 0.3 is 0 Å². The predicted molar refractivity (Wildman–Crippen MR) is 174 cm³/mol. The van der Waals surface area contributed by atoms with Gasteiger partial charge in [-0.15, -0.1) is 13.2 Å². The van der Waals surface area contributed by atoms with E-state index in [1.165, 1.54) is 39.0 Å². The van der Waals surface area contributed by atoms with E-state index in [4.69, 9.17) is 9.97 Å². The van der Waals surface area contributed by atoms with Crippen LogP contribution in [0.4, 0.5) is 0 Å². The Kier molecular flexibility index (Phi) is 7.37. The van der Waals surface area contributed by atoms with Gasteiger partial charge < -0.3 is 9.97 Å². The molecule has 0 amide bonds. The van der Waals surface area contributed by atoms with Gasteiger partial charge in [-0.3, -0.25) is 0 Å². The highest BCUT2D eigenvalue weighted by Gasteiger charge is 2.21. The minimum atomic E-state index is 0.901. The van der Waals surface area contributed by atoms with Crippen LogP contribution in [-0.4, -0.2) is 19.9 Å². The zero-order valence-corrected chi connectivity index (χ0v) is 24.8. The fraction of sp³-hybridized carbons (Fsp3) is 0.278. The van der Waals surface area contributed by atoms with Gasteiger partial charge in [-0.25, -0.2) is 9.97 Å². The number of hydrogen-bond acceptors (Lipinski definition) is 2. The highest BCUT2D eigenvalue weighted by Crippen LogP contribution is 2.38. The summed E-state index contributed by atoms with van der Waals surface area (Å²) in [7, 11) is 0. The highest BCUT2D eigenvalue weighted by molar-refractivity contribution is 5.95. The van der Waals surface area contributed by atoms with Crippen LogP contribution in [0.25, 0.3) is 50.4 Å². The van der Waals surface area contributed by atoms with E-state index in [0.717, 1.165) is 81.7 Å². The first kappa shape index (κ1) is 27.4. The van der Waals surface area contributed by atoms with Crippen molar-refractivity contribution in [3.8, 4) is 0 Å². The normalized spacial score (nSPS) is 13.2. The van der Waals surface area contributed by atoms with Gasteiger partial charge in [0.1, 0.15) is 0 Å². The van der Waals surface area contributed by atoms with Gasteiger partial charge in [0.15, 0.2) is 0 Å². The van der Waals surface area contributed by atoms with Crippen LogP contribution in [0, 0.1) is 13.8 Å². The van der Waals surface area contributed by atoms with Crippen molar-refractivity contribution in [2.75, 3.05) is 0 Å². The smallest absolute Gasteiger partial charge is 0.0694 e. The molecule has 2 aliphatic rings. The maximum Gasteiger partial charge on any atom is 0.0694 e. The number of nitrogens with zero attached hydrogens (tertiary/aromatic N) is 2. The Hall–Kier alpha value is -4.18. The van der Waals surface area contributed by atoms with E-state index in [2.05, 4.69) is 102 Å². The van der Waals surface area contributed by atoms with Crippen LogP contribution in [0.3, 0.4) is 0 Å². The molecule has 204 valence electrons. The van der Waals surface area contributed by atoms with Crippen LogP contribution in [-0.2, 0) is 0 Å². The Balaban J connectivity index is 1.88. The summed E-state index contributed by atoms with van der Waals surface area (Å²) in [5.41, 5.74) is 18.9. The van der Waals surface area contributed by atoms with E-state index >= 15 is 0 Å². The number of aromatic nitrogens is 4. The Morgan fingerprint density at radius 3 is 1.82 bits per heavy atom. The number of aryl methyl sites for hydroxylation is 2. The van der Waals surface area contributed by atoms with E-state index in [0.29, 0.717) is 0 Å². The van der Waals surface area contributed by atoms with Gasteiger partial charge in [-0.1, -0.05) is 23.8 Å². The zero-order valence-electron chi connectivity index (χ0n) is 24.8. The number of nitrogens with one attached hydrogen (secondary N) is 2. The van der Waals surface area contributed by atoms with Gasteiger partial charge in [-0.2, -0.15) is 0 Å². The summed E-state index contributed by atoms with van der Waals surface area (Å²) in [6.07, 6.45) is 5.60. The molecule has 0 unspecified atom stereocenters. The number of aromatic amines is 2. The van der Waals surface area contributed by atoms with Crippen LogP contribution < -0.4 is 0 Å². The molecule has 0 spiro atoms. The third-order valence-corrected chi connectivity index (χ3v) is 8.16. The third-order valence-electron chi connectivity index (χ3n) is 8.16. The van der Waals surface area contributed by atoms with Gasteiger partial charge in [0.05, 0.1) is 22.8 Å². The molecule has 0 fully saturated rings. The monoisotopic (exact) mass is 528 g/mol. The molecular formula is C36H40N4. The van der Waals surface area contributed by atoms with Gasteiger partial charge in [0.25, 0.3) is 0 Å². The largest absolute Gasteiger partial charge is 0.355 e. The van der Waals surface area contributed by atoms with Crippen LogP contribution in [0.5, 0.6) is 0 Å². The summed E-state index contributed by atoms with van der Waals surface area (Å²) in [6, 6.07) is 10.9. The van der Waals surface area contributed by atoms with Crippen molar-refractivity contribution in [2.45, 2.75) is 67.2 Å². The quantitative estimate of drug-likeness (QED) is 0.300. The zero-order chi connectivity index (χ0) is 28.7. The van der Waals surface area contributed by atoms with E-state index in [1.807, 2.05) is 6.08 Å². The summed E-state index contributed by atoms with van der Waals surface area (Å²) in [6.45, 7) is 25.3. The van der Waals surface area contributed by atoms with Crippen LogP contribution in [0.15, 0.2) is 61.2 Å². The first-order valence-corrected chi connectivity index (χ1v) is 14.1. The Morgan fingerprint density at radius 2 is 1.27 bits per heavy atom. The molecule has 3 aromatic heterocycles. The van der Waals surface area contributed by atoms with E-state index < -0.39 is 0 Å². The Morgan fingerprint density at radius 1 is 0.700 bits per heavy atom. The molecule has 0 radical (unpaired) electrons. The maximum absolute atomic E-state index is 5.20. The van der Waals surface area contributed by atoms with Crippen LogP contribution in [0.2, 0.25) is 0 Å². The minimum absolute atomic E-state index is 0.901. The molecule has 5 heterocycles. The summed E-state index contributed by atoms with van der Waals surface area (Å²) in [4.78, 5) is 17.6. The fourth-order valence-electron chi connectivity index (χ4n) is 5.64. The summed E-state index contributed by atoms with van der Waals surface area (Å²) in [5, 5.41) is 0. The lowest BCUT2D eigenvalue weighted by atomic mass is 9.96. The number of fused-ring (bicyclic) bond motifs is 8. The number of allylic oxidation sites excluding steroid dienone is 6. The Labute approximate surface area is 238 Å². The van der Waals surface area contributed by atoms with Gasteiger partial charge in [0, 0.05) is 27.6 Å². The molecule has 2 aliphatic heterocycles. The SMILES string of the molecule is C=Cc1c(C)c2cc3nc(cc4nc(cc5cc(C)c(cc1[nH]2)[nH]5)C(C)=C4CCC(=C)C)C(CCC(=C)C)=C3C. The van der Waals surface area contributed by atoms with Crippen molar-refractivity contribution in [2.24, 2.45) is 0 Å². The first-order chi connectivity index (χ1) is 19.0. The van der Waals surface area contributed by atoms with Crippen molar-refractivity contribution in [1.29, 1.82) is 0 Å². The second kappa shape index (κ2) is 10.8. The van der Waals surface area contributed by atoms with E-state index in [1.54, 1.807) is 0 Å². The second-order valence-corrected chi connectivity index (χ2v) is 11.5. The molecule has 8 bridgehead atoms. The van der Waals surface area contributed by atoms with Gasteiger partial charge in [0.2, 0.25) is 0 Å². The molecule has 40 heavy (non-hydrogen) atoms. The molecule has 0 aliphatic carbocycles. The molecule has 4 nitrogen and oxygen atoms in total. The molecule has 3 aromatic rings. The molecule has 0 aromatic carbocycles. The average Bonchev–Trinajstić information content (AvgIpc) is 3.56. The van der Waals surface area contributed by atoms with Crippen molar-refractivity contribution in [3.05, 3.63) is 101 Å². The molecule has 5 rings (SSSR count). The summed E-state index contributed by atoms with van der Waals surface area (Å²) < 4.78 is 0. The van der Waals surface area contributed by atoms with Crippen LogP contribution >= 0.6 is 0 Å². The Bertz CT molecular complexity index is 1800. The van der Waals surface area contributed by atoms with Crippen molar-refractivity contribution in [3.63, 3.8) is 0 Å². The number of H-pyrrole nitrogens is 2. The lowest BCUT2D eigenvalue weighted by Crippen LogP contribution is -1.89. The number of rotatable bonds is 7. The topological polar surface area (TPSA) is 57.4 Å². The molecular weight excluding hydrogens is 488 g/mol. The number of hydrogen-bond donors (Lipinski definition) is 2. The molecule has 2 N–H and O–H groups in total. The lowest BCUT2D eigenvalue weighted by molar-refractivity contribution is 0.991. The minimum Gasteiger partial charge on any atom is -0.355 e. The van der Waals surface area contributed by atoms with Crippen molar-refractivity contribution >= 4 is 50.4 Å². The van der Waals surface area contributed by atoms with Crippen LogP contribution in [0.1, 0.15) is 92.8 Å². The van der Waals surface area contributed by atoms with Crippen molar-refractivity contribution in [1.82, 2.24) is 19.9 Å². The fourth-order valence-corrected chi connectivity index (χ4v) is 5.64. The molecule has 0 saturated carbocycles. The molecule has 4 heteroatoms. The van der Waals surface area contributed by atoms with Gasteiger partial charge in [-0.05, 0) is 131 Å². The lowest BCUT2D eigenvalue weighted by Gasteiger charge is -2.07. The molecule has 0 atom stereocenters. The highest BCUT2D eigenvalue weighted by atomic mass is 14.8. The molecule has 0 saturated heterocycles. The maximum atomic E-state index is 5.20.